The van der Waals surface area contributed by atoms with Crippen LogP contribution in [0.2, 0.25) is 0 Å². The van der Waals surface area contributed by atoms with E-state index in [1.165, 1.54) is 77.1 Å². The van der Waals surface area contributed by atoms with E-state index in [-0.39, 0.29) is 5.92 Å². The SMILES string of the molecule is C=NC(=N/C(=N\Cn1c2ccc(-n3c4ccccc4c4c(C)cccc43)cc2c2cccc(C3=CC(c4cccc5c4CC4=C5CCC=C4)=CC(C)C=C3)c21)c1ccccc1)c1ccccc1.CC. The number of fused-ring (bicyclic) bond motifs is 8. The molecule has 0 aliphatic heterocycles. The van der Waals surface area contributed by atoms with E-state index >= 15 is 0 Å². The van der Waals surface area contributed by atoms with Crippen molar-refractivity contribution in [3.05, 3.63) is 239 Å². The molecule has 0 radical (unpaired) electrons. The highest BCUT2D eigenvalue weighted by Gasteiger charge is 2.26. The van der Waals surface area contributed by atoms with Crippen LogP contribution in [-0.4, -0.2) is 27.5 Å². The van der Waals surface area contributed by atoms with E-state index in [4.69, 9.17) is 9.98 Å². The molecule has 69 heavy (non-hydrogen) atoms. The molecule has 7 aromatic carbocycles. The molecule has 2 aromatic heterocycles. The van der Waals surface area contributed by atoms with Gasteiger partial charge in [-0.3, -0.25) is 0 Å². The third kappa shape index (κ3) is 7.74. The summed E-state index contributed by atoms with van der Waals surface area (Å²) in [5.74, 6) is 1.37. The summed E-state index contributed by atoms with van der Waals surface area (Å²) in [5.41, 5.74) is 19.6. The molecule has 0 saturated carbocycles. The summed E-state index contributed by atoms with van der Waals surface area (Å²) in [7, 11) is 0. The molecule has 336 valence electrons. The van der Waals surface area contributed by atoms with E-state index < -0.39 is 0 Å². The quantitative estimate of drug-likeness (QED) is 0.113. The van der Waals surface area contributed by atoms with Crippen molar-refractivity contribution in [2.24, 2.45) is 20.9 Å². The number of hydrogen-bond donors (Lipinski definition) is 0. The van der Waals surface area contributed by atoms with Crippen LogP contribution in [0.4, 0.5) is 0 Å². The molecule has 0 saturated heterocycles. The van der Waals surface area contributed by atoms with E-state index in [9.17, 15) is 0 Å². The molecule has 5 heteroatoms. The van der Waals surface area contributed by atoms with Gasteiger partial charge in [-0.2, -0.15) is 0 Å². The molecular weight excluding hydrogens is 839 g/mol. The van der Waals surface area contributed by atoms with Crippen LogP contribution >= 0.6 is 0 Å². The van der Waals surface area contributed by atoms with Gasteiger partial charge in [0, 0.05) is 43.9 Å². The number of nitrogens with zero attached hydrogens (tertiary/aromatic N) is 5. The van der Waals surface area contributed by atoms with Gasteiger partial charge in [-0.05, 0) is 120 Å². The number of allylic oxidation sites excluding steroid dienone is 10. The number of aromatic nitrogens is 2. The summed E-state index contributed by atoms with van der Waals surface area (Å²) >= 11 is 0. The van der Waals surface area contributed by atoms with Crippen molar-refractivity contribution in [3.63, 3.8) is 0 Å². The van der Waals surface area contributed by atoms with Crippen molar-refractivity contribution in [2.75, 3.05) is 0 Å². The first kappa shape index (κ1) is 43.4. The van der Waals surface area contributed by atoms with E-state index in [1.807, 2.05) is 62.4 Å². The van der Waals surface area contributed by atoms with Gasteiger partial charge in [-0.25, -0.2) is 15.0 Å². The minimum absolute atomic E-state index is 0.249. The van der Waals surface area contributed by atoms with Crippen LogP contribution in [0.15, 0.2) is 215 Å². The topological polar surface area (TPSA) is 46.9 Å². The molecular formula is C64H55N5. The van der Waals surface area contributed by atoms with E-state index in [2.05, 4.69) is 180 Å². The Balaban J connectivity index is 0.00000257. The summed E-state index contributed by atoms with van der Waals surface area (Å²) in [6, 6.07) is 56.2. The van der Waals surface area contributed by atoms with Crippen LogP contribution in [0.1, 0.15) is 72.6 Å². The molecule has 0 N–H and O–H groups in total. The predicted octanol–water partition coefficient (Wildman–Crippen LogP) is 16.1. The molecule has 3 aliphatic carbocycles. The summed E-state index contributed by atoms with van der Waals surface area (Å²) in [6.45, 7) is 12.8. The van der Waals surface area contributed by atoms with Crippen LogP contribution in [0.25, 0.3) is 66.0 Å². The van der Waals surface area contributed by atoms with Crippen LogP contribution in [0.3, 0.4) is 0 Å². The van der Waals surface area contributed by atoms with Gasteiger partial charge >= 0.3 is 0 Å². The molecule has 1 unspecified atom stereocenters. The summed E-state index contributed by atoms with van der Waals surface area (Å²) < 4.78 is 4.81. The molecule has 3 aliphatic rings. The number of hydrogen-bond acceptors (Lipinski definition) is 1. The number of benzene rings is 7. The smallest absolute Gasteiger partial charge is 0.161 e. The lowest BCUT2D eigenvalue weighted by Crippen LogP contribution is -2.07. The normalized spacial score (nSPS) is 15.8. The summed E-state index contributed by atoms with van der Waals surface area (Å²) in [6.07, 6.45) is 17.4. The Morgan fingerprint density at radius 1 is 0.652 bits per heavy atom. The van der Waals surface area contributed by atoms with Gasteiger partial charge in [0.15, 0.2) is 11.7 Å². The standard InChI is InChI=1S/C62H49N5.C2H6/c1-40-31-32-45(36-46(35-40)49-25-15-27-51-48-23-11-10-22-44(48)37-54(49)51)50-26-16-28-52-55-38-47(67-57-29-13-12-24-53(57)59-41(2)17-14-30-58(59)67)33-34-56(55)66(60(50)52)39-64-62(43-20-8-5-9-21-43)65-61(63-3)42-18-6-4-7-19-42;1-2/h4-10,12-22,24-36,38,40H,3,11,23,37,39H2,1-2H3;1-2H3/b64-62-,65-61?;. The number of para-hydroxylation sites is 2. The molecule has 0 bridgehead atoms. The minimum atomic E-state index is 0.249. The summed E-state index contributed by atoms with van der Waals surface area (Å²) in [5, 5.41) is 4.88. The number of aryl methyl sites for hydroxylation is 1. The zero-order valence-corrected chi connectivity index (χ0v) is 39.8. The number of amidine groups is 2. The first-order chi connectivity index (χ1) is 34.0. The maximum atomic E-state index is 5.41. The Bertz CT molecular complexity index is 3710. The predicted molar refractivity (Wildman–Crippen MR) is 295 cm³/mol. The second kappa shape index (κ2) is 18.5. The van der Waals surface area contributed by atoms with Gasteiger partial charge in [-0.15, -0.1) is 0 Å². The third-order valence-corrected chi connectivity index (χ3v) is 13.9. The molecule has 0 fully saturated rings. The second-order valence-corrected chi connectivity index (χ2v) is 18.0. The number of rotatable bonds is 7. The van der Waals surface area contributed by atoms with Gasteiger partial charge in [-0.1, -0.05) is 179 Å². The second-order valence-electron chi connectivity index (χ2n) is 18.0. The molecule has 1 atom stereocenters. The Kier molecular flexibility index (Phi) is 11.6. The van der Waals surface area contributed by atoms with Gasteiger partial charge in [0.05, 0.1) is 22.1 Å². The Labute approximate surface area is 404 Å². The highest BCUT2D eigenvalue weighted by Crippen LogP contribution is 2.44. The fourth-order valence-corrected chi connectivity index (χ4v) is 10.8. The largest absolute Gasteiger partial charge is 0.320 e. The van der Waals surface area contributed by atoms with Gasteiger partial charge in [0.1, 0.15) is 6.67 Å². The first-order valence-corrected chi connectivity index (χ1v) is 24.4. The molecule has 12 rings (SSSR count). The van der Waals surface area contributed by atoms with E-state index in [0.717, 1.165) is 52.7 Å². The molecule has 5 nitrogen and oxygen atoms in total. The molecule has 0 spiro atoms. The lowest BCUT2D eigenvalue weighted by molar-refractivity contribution is 0.790. The molecule has 2 heterocycles. The third-order valence-electron chi connectivity index (χ3n) is 13.9. The van der Waals surface area contributed by atoms with Crippen LogP contribution in [0.5, 0.6) is 0 Å². The lowest BCUT2D eigenvalue weighted by atomic mass is 9.91. The fourth-order valence-electron chi connectivity index (χ4n) is 10.8. The molecule has 9 aromatic rings. The minimum Gasteiger partial charge on any atom is -0.320 e. The van der Waals surface area contributed by atoms with Crippen molar-refractivity contribution in [3.8, 4) is 5.69 Å². The monoisotopic (exact) mass is 893 g/mol. The lowest BCUT2D eigenvalue weighted by Gasteiger charge is -2.14. The average Bonchev–Trinajstić information content (AvgIpc) is 4.01. The van der Waals surface area contributed by atoms with Crippen molar-refractivity contribution in [2.45, 2.75) is 53.6 Å². The van der Waals surface area contributed by atoms with Crippen molar-refractivity contribution < 1.29 is 0 Å². The Morgan fingerprint density at radius 3 is 2.16 bits per heavy atom. The van der Waals surface area contributed by atoms with Crippen molar-refractivity contribution in [1.29, 1.82) is 0 Å². The van der Waals surface area contributed by atoms with Crippen molar-refractivity contribution in [1.82, 2.24) is 9.13 Å². The Hall–Kier alpha value is -8.15. The maximum Gasteiger partial charge on any atom is 0.161 e. The average molecular weight is 894 g/mol. The van der Waals surface area contributed by atoms with Gasteiger partial charge in [0.25, 0.3) is 0 Å². The Morgan fingerprint density at radius 2 is 1.35 bits per heavy atom. The highest BCUT2D eigenvalue weighted by molar-refractivity contribution is 6.15. The van der Waals surface area contributed by atoms with Crippen LogP contribution in [-0.2, 0) is 13.1 Å². The van der Waals surface area contributed by atoms with Crippen LogP contribution in [0, 0.1) is 12.8 Å². The van der Waals surface area contributed by atoms with Crippen molar-refractivity contribution >= 4 is 78.7 Å². The maximum absolute atomic E-state index is 5.41. The molecule has 0 amide bonds. The highest BCUT2D eigenvalue weighted by atomic mass is 15.1. The zero-order chi connectivity index (χ0) is 47.0. The van der Waals surface area contributed by atoms with Gasteiger partial charge in [0.2, 0.25) is 0 Å². The van der Waals surface area contributed by atoms with E-state index in [0.29, 0.717) is 18.3 Å². The zero-order valence-electron chi connectivity index (χ0n) is 39.8. The van der Waals surface area contributed by atoms with Crippen LogP contribution < -0.4 is 0 Å². The van der Waals surface area contributed by atoms with E-state index in [1.54, 1.807) is 0 Å². The number of aliphatic imine (C=N–C) groups is 3. The van der Waals surface area contributed by atoms with Gasteiger partial charge < -0.3 is 9.13 Å². The summed E-state index contributed by atoms with van der Waals surface area (Å²) in [4.78, 5) is 14.9. The first-order valence-electron chi connectivity index (χ1n) is 24.4. The fraction of sp³-hybridized carbons (Fsp3) is 0.141.